The van der Waals surface area contributed by atoms with Crippen LogP contribution in [0.3, 0.4) is 0 Å². The van der Waals surface area contributed by atoms with Gasteiger partial charge in [0, 0.05) is 24.7 Å². The molecular formula is C27H23N5O3S. The second kappa shape index (κ2) is 9.76. The van der Waals surface area contributed by atoms with E-state index < -0.39 is 11.7 Å². The second-order valence-corrected chi connectivity index (χ2v) is 9.52. The van der Waals surface area contributed by atoms with E-state index in [1.807, 2.05) is 42.6 Å². The first kappa shape index (κ1) is 23.5. The number of benzene rings is 1. The Morgan fingerprint density at radius 2 is 1.94 bits per heavy atom. The molecule has 1 saturated heterocycles. The highest BCUT2D eigenvalue weighted by Gasteiger charge is 2.30. The van der Waals surface area contributed by atoms with E-state index in [0.29, 0.717) is 59.5 Å². The molecule has 9 heteroatoms. The lowest BCUT2D eigenvalue weighted by atomic mass is 9.93. The van der Waals surface area contributed by atoms with Crippen molar-refractivity contribution >= 4 is 39.5 Å². The molecule has 4 aromatic rings. The average molecular weight is 498 g/mol. The molecule has 0 saturated carbocycles. The van der Waals surface area contributed by atoms with Crippen LogP contribution in [0.15, 0.2) is 53.7 Å². The topological polar surface area (TPSA) is 112 Å². The van der Waals surface area contributed by atoms with Gasteiger partial charge in [-0.1, -0.05) is 30.3 Å². The smallest absolute Gasteiger partial charge is 0.295 e. The number of ether oxygens (including phenoxy) is 1. The summed E-state index contributed by atoms with van der Waals surface area (Å²) in [4.78, 5) is 40.3. The van der Waals surface area contributed by atoms with Crippen molar-refractivity contribution in [3.63, 3.8) is 0 Å². The molecule has 36 heavy (non-hydrogen) atoms. The summed E-state index contributed by atoms with van der Waals surface area (Å²) in [5.41, 5.74) is 4.65. The van der Waals surface area contributed by atoms with E-state index in [9.17, 15) is 14.9 Å². The Morgan fingerprint density at radius 3 is 2.58 bits per heavy atom. The zero-order chi connectivity index (χ0) is 25.2. The van der Waals surface area contributed by atoms with Gasteiger partial charge in [0.25, 0.3) is 11.7 Å². The van der Waals surface area contributed by atoms with Crippen LogP contribution in [-0.2, 0) is 4.79 Å². The van der Waals surface area contributed by atoms with Gasteiger partial charge >= 0.3 is 0 Å². The quantitative estimate of drug-likeness (QED) is 0.241. The molecule has 8 nitrogen and oxygen atoms in total. The van der Waals surface area contributed by atoms with Crippen LogP contribution in [0, 0.1) is 18.3 Å². The van der Waals surface area contributed by atoms with Crippen LogP contribution < -0.4 is 4.74 Å². The van der Waals surface area contributed by atoms with Crippen molar-refractivity contribution in [2.75, 3.05) is 20.2 Å². The summed E-state index contributed by atoms with van der Waals surface area (Å²) in [5, 5.41) is 13.0. The van der Waals surface area contributed by atoms with E-state index in [2.05, 4.69) is 21.0 Å². The van der Waals surface area contributed by atoms with Crippen molar-refractivity contribution in [2.24, 2.45) is 0 Å². The third kappa shape index (κ3) is 4.16. The number of hydrogen-bond acceptors (Lipinski definition) is 7. The number of allylic oxidation sites excluding steroid dienone is 1. The molecule has 0 radical (unpaired) electrons. The Balaban J connectivity index is 1.41. The number of piperidine rings is 1. The zero-order valence-electron chi connectivity index (χ0n) is 19.9. The number of amides is 1. The van der Waals surface area contributed by atoms with Crippen LogP contribution in [0.4, 0.5) is 0 Å². The highest BCUT2D eigenvalue weighted by Crippen LogP contribution is 2.35. The minimum Gasteiger partial charge on any atom is -0.494 e. The maximum Gasteiger partial charge on any atom is 0.295 e. The summed E-state index contributed by atoms with van der Waals surface area (Å²) in [7, 11) is 1.50. The molecule has 180 valence electrons. The number of hydrogen-bond donors (Lipinski definition) is 1. The largest absolute Gasteiger partial charge is 0.494 e. The number of likely N-dealkylation sites (tertiary alicyclic amines) is 1. The molecule has 1 fully saturated rings. The van der Waals surface area contributed by atoms with E-state index in [4.69, 9.17) is 4.74 Å². The molecule has 1 aliphatic heterocycles. The summed E-state index contributed by atoms with van der Waals surface area (Å²) in [6.07, 6.45) is 4.18. The summed E-state index contributed by atoms with van der Waals surface area (Å²) < 4.78 is 5.48. The van der Waals surface area contributed by atoms with E-state index in [-0.39, 0.29) is 5.56 Å². The number of aromatic nitrogens is 3. The maximum absolute atomic E-state index is 13.4. The SMILES string of the molecule is COc1cnc(-c2csc(C)n2)c2[nH]cc(C(=O)C(=O)N3CCC(=C(C#N)c4ccccc4)CC3)c12. The Kier molecular flexibility index (Phi) is 6.36. The highest BCUT2D eigenvalue weighted by atomic mass is 32.1. The maximum atomic E-state index is 13.4. The van der Waals surface area contributed by atoms with Gasteiger partial charge in [0.1, 0.15) is 17.1 Å². The van der Waals surface area contributed by atoms with Crippen molar-refractivity contribution in [3.05, 3.63) is 69.8 Å². The molecule has 0 bridgehead atoms. The third-order valence-corrected chi connectivity index (χ3v) is 7.15. The zero-order valence-corrected chi connectivity index (χ0v) is 20.7. The van der Waals surface area contributed by atoms with Gasteiger partial charge in [-0.25, -0.2) is 9.97 Å². The van der Waals surface area contributed by atoms with E-state index >= 15 is 0 Å². The molecule has 0 aliphatic carbocycles. The van der Waals surface area contributed by atoms with Crippen molar-refractivity contribution in [1.82, 2.24) is 19.9 Å². The molecule has 1 N–H and O–H groups in total. The lowest BCUT2D eigenvalue weighted by Gasteiger charge is -2.28. The lowest BCUT2D eigenvalue weighted by Crippen LogP contribution is -2.40. The van der Waals surface area contributed by atoms with Gasteiger partial charge in [-0.15, -0.1) is 11.3 Å². The Hall–Kier alpha value is -4.29. The number of ketones is 1. The van der Waals surface area contributed by atoms with Gasteiger partial charge in [-0.3, -0.25) is 9.59 Å². The van der Waals surface area contributed by atoms with Crippen LogP contribution in [0.1, 0.15) is 33.8 Å². The third-order valence-electron chi connectivity index (χ3n) is 6.38. The van der Waals surface area contributed by atoms with E-state index in [0.717, 1.165) is 16.1 Å². The minimum atomic E-state index is -0.609. The van der Waals surface area contributed by atoms with Crippen molar-refractivity contribution in [3.8, 4) is 23.2 Å². The van der Waals surface area contributed by atoms with Crippen molar-refractivity contribution in [1.29, 1.82) is 5.26 Å². The summed E-state index contributed by atoms with van der Waals surface area (Å²) in [6, 6.07) is 11.8. The highest BCUT2D eigenvalue weighted by molar-refractivity contribution is 7.09. The van der Waals surface area contributed by atoms with Gasteiger partial charge in [0.05, 0.1) is 46.4 Å². The first-order chi connectivity index (χ1) is 17.5. The number of fused-ring (bicyclic) bond motifs is 1. The number of rotatable bonds is 5. The fourth-order valence-electron chi connectivity index (χ4n) is 4.56. The Morgan fingerprint density at radius 1 is 1.19 bits per heavy atom. The predicted molar refractivity (Wildman–Crippen MR) is 138 cm³/mol. The number of H-pyrrole nitrogens is 1. The Bertz CT molecular complexity index is 1530. The monoisotopic (exact) mass is 497 g/mol. The molecular weight excluding hydrogens is 474 g/mol. The fraction of sp³-hybridized carbons (Fsp3) is 0.222. The van der Waals surface area contributed by atoms with Gasteiger partial charge in [-0.2, -0.15) is 5.26 Å². The van der Waals surface area contributed by atoms with Crippen molar-refractivity contribution < 1.29 is 14.3 Å². The van der Waals surface area contributed by atoms with Crippen LogP contribution in [0.25, 0.3) is 27.9 Å². The van der Waals surface area contributed by atoms with Gasteiger partial charge in [0.2, 0.25) is 0 Å². The standard InChI is InChI=1S/C27H23N5O3S/c1-16-31-21(15-36-16)24-25-23(22(35-2)14-30-24)20(13-29-25)26(33)27(34)32-10-8-18(9-11-32)19(12-28)17-6-4-3-5-7-17/h3-7,13-15,29H,8-11H2,1-2H3. The number of aromatic amines is 1. The van der Waals surface area contributed by atoms with Crippen molar-refractivity contribution in [2.45, 2.75) is 19.8 Å². The molecule has 3 aromatic heterocycles. The predicted octanol–water partition coefficient (Wildman–Crippen LogP) is 4.79. The molecule has 1 aromatic carbocycles. The number of aryl methyl sites for hydroxylation is 1. The Labute approximate surface area is 211 Å². The van der Waals surface area contributed by atoms with E-state index in [1.54, 1.807) is 11.1 Å². The number of carbonyl (C=O) groups excluding carboxylic acids is 2. The molecule has 4 heterocycles. The fourth-order valence-corrected chi connectivity index (χ4v) is 5.16. The molecule has 0 unspecified atom stereocenters. The number of nitriles is 1. The number of carbonyl (C=O) groups is 2. The minimum absolute atomic E-state index is 0.241. The number of methoxy groups -OCH3 is 1. The van der Waals surface area contributed by atoms with Crippen LogP contribution >= 0.6 is 11.3 Å². The summed E-state index contributed by atoms with van der Waals surface area (Å²) in [6.45, 7) is 2.67. The second-order valence-electron chi connectivity index (χ2n) is 8.46. The normalized spacial score (nSPS) is 13.5. The van der Waals surface area contributed by atoms with Crippen LogP contribution in [-0.4, -0.2) is 51.7 Å². The van der Waals surface area contributed by atoms with Gasteiger partial charge < -0.3 is 14.6 Å². The molecule has 1 aliphatic rings. The molecule has 0 atom stereocenters. The number of Topliss-reactive ketones (excluding diaryl/α,β-unsaturated/α-hetero) is 1. The molecule has 5 rings (SSSR count). The number of thiazole rings is 1. The number of nitrogens with zero attached hydrogens (tertiary/aromatic N) is 4. The van der Waals surface area contributed by atoms with Crippen LogP contribution in [0.5, 0.6) is 5.75 Å². The van der Waals surface area contributed by atoms with Gasteiger partial charge in [-0.05, 0) is 30.9 Å². The molecule has 0 spiro atoms. The van der Waals surface area contributed by atoms with Crippen LogP contribution in [0.2, 0.25) is 0 Å². The average Bonchev–Trinajstić information content (AvgIpc) is 3.56. The number of nitrogens with one attached hydrogen (secondary N) is 1. The molecule has 1 amide bonds. The first-order valence-electron chi connectivity index (χ1n) is 11.5. The lowest BCUT2D eigenvalue weighted by molar-refractivity contribution is -0.126. The van der Waals surface area contributed by atoms with E-state index in [1.165, 1.54) is 24.6 Å². The first-order valence-corrected chi connectivity index (χ1v) is 12.4. The summed E-state index contributed by atoms with van der Waals surface area (Å²) in [5.74, 6) is -0.774. The summed E-state index contributed by atoms with van der Waals surface area (Å²) >= 11 is 1.51. The van der Waals surface area contributed by atoms with Gasteiger partial charge in [0.15, 0.2) is 0 Å². The number of pyridine rings is 1.